The van der Waals surface area contributed by atoms with Gasteiger partial charge in [0.05, 0.1) is 11.0 Å². The molecule has 0 bridgehead atoms. The fourth-order valence-corrected chi connectivity index (χ4v) is 9.09. The Bertz CT molecular complexity index is 3180. The van der Waals surface area contributed by atoms with E-state index in [9.17, 15) is 0 Å². The minimum absolute atomic E-state index is 0.310. The molecule has 2 nitrogen and oxygen atoms in total. The van der Waals surface area contributed by atoms with E-state index in [1.807, 2.05) is 0 Å². The van der Waals surface area contributed by atoms with Crippen molar-refractivity contribution >= 4 is 54.7 Å². The fourth-order valence-electron chi connectivity index (χ4n) is 9.09. The first-order valence-electron chi connectivity index (χ1n) is 20.2. The summed E-state index contributed by atoms with van der Waals surface area (Å²) in [5, 5.41) is 7.57. The SMILES string of the molecule is C1=CC(c2ccc(-c3cccc4ccccc34)cc2)CC=C1N(c1ccccc1)c1cccc(-c2cccc3c2c2cc4ccccc4cc2n3-c2ccccc2)c1. The molecule has 1 aromatic heterocycles. The van der Waals surface area contributed by atoms with Crippen LogP contribution >= 0.6 is 0 Å². The van der Waals surface area contributed by atoms with Crippen molar-refractivity contribution in [2.75, 3.05) is 4.90 Å². The Hall–Kier alpha value is -7.42. The zero-order valence-corrected chi connectivity index (χ0v) is 32.0. The van der Waals surface area contributed by atoms with Crippen molar-refractivity contribution in [3.05, 3.63) is 236 Å². The summed E-state index contributed by atoms with van der Waals surface area (Å²) in [6, 6.07) is 75.1. The van der Waals surface area contributed by atoms with Crippen molar-refractivity contribution in [3.63, 3.8) is 0 Å². The molecule has 0 radical (unpaired) electrons. The van der Waals surface area contributed by atoms with Gasteiger partial charge in [0.25, 0.3) is 0 Å². The fraction of sp³-hybridized carbons (Fsp3) is 0.0357. The number of para-hydroxylation sites is 2. The van der Waals surface area contributed by atoms with E-state index in [-0.39, 0.29) is 0 Å². The molecule has 2 heteroatoms. The molecule has 1 atom stereocenters. The average Bonchev–Trinajstić information content (AvgIpc) is 3.62. The highest BCUT2D eigenvalue weighted by Crippen LogP contribution is 2.42. The molecule has 0 saturated heterocycles. The summed E-state index contributed by atoms with van der Waals surface area (Å²) >= 11 is 0. The quantitative estimate of drug-likeness (QED) is 0.158. The first-order chi connectivity index (χ1) is 28.8. The second-order valence-electron chi connectivity index (χ2n) is 15.3. The summed E-state index contributed by atoms with van der Waals surface area (Å²) in [6.07, 6.45) is 8.02. The minimum Gasteiger partial charge on any atom is -0.311 e. The number of rotatable bonds is 7. The van der Waals surface area contributed by atoms with Gasteiger partial charge in [0.1, 0.15) is 0 Å². The molecular formula is C56H40N2. The molecule has 0 fully saturated rings. The zero-order valence-electron chi connectivity index (χ0n) is 32.0. The van der Waals surface area contributed by atoms with Crippen molar-refractivity contribution in [1.82, 2.24) is 4.57 Å². The van der Waals surface area contributed by atoms with E-state index >= 15 is 0 Å². The third kappa shape index (κ3) is 5.90. The van der Waals surface area contributed by atoms with Gasteiger partial charge >= 0.3 is 0 Å². The number of aromatic nitrogens is 1. The lowest BCUT2D eigenvalue weighted by atomic mass is 9.89. The van der Waals surface area contributed by atoms with Crippen molar-refractivity contribution in [2.45, 2.75) is 12.3 Å². The maximum atomic E-state index is 2.42. The van der Waals surface area contributed by atoms with Crippen molar-refractivity contribution in [2.24, 2.45) is 0 Å². The van der Waals surface area contributed by atoms with Crippen molar-refractivity contribution in [3.8, 4) is 27.9 Å². The van der Waals surface area contributed by atoms with E-state index in [4.69, 9.17) is 0 Å². The first-order valence-corrected chi connectivity index (χ1v) is 20.2. The largest absolute Gasteiger partial charge is 0.311 e. The number of anilines is 2. The topological polar surface area (TPSA) is 8.17 Å². The third-order valence-electron chi connectivity index (χ3n) is 11.9. The number of nitrogens with zero attached hydrogens (tertiary/aromatic N) is 2. The van der Waals surface area contributed by atoms with Crippen LogP contribution in [0.1, 0.15) is 17.9 Å². The molecule has 9 aromatic carbocycles. The van der Waals surface area contributed by atoms with Crippen LogP contribution in [0.5, 0.6) is 0 Å². The second-order valence-corrected chi connectivity index (χ2v) is 15.3. The van der Waals surface area contributed by atoms with Gasteiger partial charge in [-0.3, -0.25) is 0 Å². The molecule has 0 amide bonds. The number of hydrogen-bond donors (Lipinski definition) is 0. The van der Waals surface area contributed by atoms with Crippen LogP contribution in [-0.4, -0.2) is 4.57 Å². The Balaban J connectivity index is 0.970. The van der Waals surface area contributed by atoms with Gasteiger partial charge in [-0.15, -0.1) is 0 Å². The number of benzene rings is 9. The molecule has 1 heterocycles. The lowest BCUT2D eigenvalue weighted by molar-refractivity contribution is 0.840. The Morgan fingerprint density at radius 2 is 1.10 bits per heavy atom. The molecule has 1 unspecified atom stereocenters. The van der Waals surface area contributed by atoms with Gasteiger partial charge in [-0.25, -0.2) is 0 Å². The molecule has 1 aliphatic rings. The van der Waals surface area contributed by atoms with Gasteiger partial charge in [0.15, 0.2) is 0 Å². The Morgan fingerprint density at radius 1 is 0.448 bits per heavy atom. The average molecular weight is 741 g/mol. The van der Waals surface area contributed by atoms with Crippen molar-refractivity contribution < 1.29 is 0 Å². The lowest BCUT2D eigenvalue weighted by Crippen LogP contribution is -2.17. The number of allylic oxidation sites excluding steroid dienone is 3. The molecular weight excluding hydrogens is 701 g/mol. The molecule has 10 aromatic rings. The highest BCUT2D eigenvalue weighted by molar-refractivity contribution is 6.18. The Morgan fingerprint density at radius 3 is 1.90 bits per heavy atom. The highest BCUT2D eigenvalue weighted by atomic mass is 15.1. The number of fused-ring (bicyclic) bond motifs is 5. The van der Waals surface area contributed by atoms with Crippen LogP contribution in [0, 0.1) is 0 Å². The van der Waals surface area contributed by atoms with Gasteiger partial charge in [-0.2, -0.15) is 0 Å². The molecule has 0 N–H and O–H groups in total. The van der Waals surface area contributed by atoms with Crippen LogP contribution in [0.4, 0.5) is 11.4 Å². The number of hydrogen-bond acceptors (Lipinski definition) is 1. The normalized spacial score (nSPS) is 14.0. The summed E-state index contributed by atoms with van der Waals surface area (Å²) in [6.45, 7) is 0. The second kappa shape index (κ2) is 14.3. The van der Waals surface area contributed by atoms with E-state index in [0.717, 1.165) is 23.5 Å². The first kappa shape index (κ1) is 33.9. The standard InChI is InChI=1S/C56H40N2/c1-3-19-46(20-4-1)57(48-34-32-40(33-35-48)39-28-30-42(31-29-39)51-25-12-17-41-14-9-10-24-50(41)51)49-23-11-18-45(36-49)52-26-13-27-54-56(52)53-37-43-15-7-8-16-44(43)38-55(53)58(54)47-21-5-2-6-22-47/h1-32,34-38,40H,33H2. The van der Waals surface area contributed by atoms with Crippen LogP contribution in [-0.2, 0) is 0 Å². The lowest BCUT2D eigenvalue weighted by Gasteiger charge is -2.29. The predicted molar refractivity (Wildman–Crippen MR) is 246 cm³/mol. The van der Waals surface area contributed by atoms with E-state index in [1.54, 1.807) is 0 Å². The van der Waals surface area contributed by atoms with Gasteiger partial charge in [-0.05, 0) is 116 Å². The van der Waals surface area contributed by atoms with E-state index in [0.29, 0.717) is 5.92 Å². The van der Waals surface area contributed by atoms with Gasteiger partial charge in [-0.1, -0.05) is 164 Å². The summed E-state index contributed by atoms with van der Waals surface area (Å²) in [4.78, 5) is 2.40. The molecule has 274 valence electrons. The zero-order chi connectivity index (χ0) is 38.4. The smallest absolute Gasteiger partial charge is 0.0547 e. The van der Waals surface area contributed by atoms with E-state index in [1.165, 1.54) is 76.9 Å². The molecule has 11 rings (SSSR count). The summed E-state index contributed by atoms with van der Waals surface area (Å²) in [7, 11) is 0. The highest BCUT2D eigenvalue weighted by Gasteiger charge is 2.21. The van der Waals surface area contributed by atoms with E-state index in [2.05, 4.69) is 234 Å². The summed E-state index contributed by atoms with van der Waals surface area (Å²) in [5.74, 6) is 0.310. The summed E-state index contributed by atoms with van der Waals surface area (Å²) < 4.78 is 2.42. The maximum absolute atomic E-state index is 2.42. The molecule has 58 heavy (non-hydrogen) atoms. The molecule has 0 aliphatic heterocycles. The monoisotopic (exact) mass is 740 g/mol. The van der Waals surface area contributed by atoms with E-state index < -0.39 is 0 Å². The molecule has 1 aliphatic carbocycles. The summed E-state index contributed by atoms with van der Waals surface area (Å²) in [5.41, 5.74) is 13.3. The van der Waals surface area contributed by atoms with Gasteiger partial charge in [0.2, 0.25) is 0 Å². The third-order valence-corrected chi connectivity index (χ3v) is 11.9. The molecule has 0 saturated carbocycles. The minimum atomic E-state index is 0.310. The Labute approximate surface area is 338 Å². The molecule has 0 spiro atoms. The van der Waals surface area contributed by atoms with Gasteiger partial charge < -0.3 is 9.47 Å². The van der Waals surface area contributed by atoms with Crippen LogP contribution in [0.2, 0.25) is 0 Å². The van der Waals surface area contributed by atoms with Crippen LogP contribution in [0.3, 0.4) is 0 Å². The maximum Gasteiger partial charge on any atom is 0.0547 e. The van der Waals surface area contributed by atoms with Crippen molar-refractivity contribution in [1.29, 1.82) is 0 Å². The predicted octanol–water partition coefficient (Wildman–Crippen LogP) is 15.2. The van der Waals surface area contributed by atoms with Crippen LogP contribution < -0.4 is 4.90 Å². The Kier molecular flexibility index (Phi) is 8.33. The van der Waals surface area contributed by atoms with Gasteiger partial charge in [0, 0.05) is 39.4 Å². The van der Waals surface area contributed by atoms with Crippen LogP contribution in [0.25, 0.3) is 71.3 Å². The van der Waals surface area contributed by atoms with Crippen LogP contribution in [0.15, 0.2) is 230 Å².